The van der Waals surface area contributed by atoms with E-state index in [9.17, 15) is 9.59 Å². The third kappa shape index (κ3) is 13.3. The van der Waals surface area contributed by atoms with E-state index in [-0.39, 0.29) is 15.0 Å². The van der Waals surface area contributed by atoms with Gasteiger partial charge in [-0.1, -0.05) is 0 Å². The van der Waals surface area contributed by atoms with Crippen LogP contribution in [-0.4, -0.2) is 76.2 Å². The second kappa shape index (κ2) is 13.5. The van der Waals surface area contributed by atoms with Crippen LogP contribution in [0.1, 0.15) is 0 Å². The van der Waals surface area contributed by atoms with Gasteiger partial charge in [0.05, 0.1) is 0 Å². The van der Waals surface area contributed by atoms with Crippen molar-refractivity contribution >= 4 is 82.3 Å². The van der Waals surface area contributed by atoms with Crippen LogP contribution in [0.25, 0.3) is 0 Å². The van der Waals surface area contributed by atoms with E-state index in [0.717, 1.165) is 23.3 Å². The molecule has 9 heteroatoms. The first kappa shape index (κ1) is 18.0. The van der Waals surface area contributed by atoms with Crippen molar-refractivity contribution in [3.8, 4) is 0 Å². The molecule has 0 aromatic heterocycles. The summed E-state index contributed by atoms with van der Waals surface area (Å²) in [7, 11) is 0. The van der Waals surface area contributed by atoms with Crippen LogP contribution in [0.3, 0.4) is 0 Å². The van der Waals surface area contributed by atoms with E-state index in [0.29, 0.717) is 25.8 Å². The Morgan fingerprint density at radius 2 is 1.59 bits per heavy atom. The van der Waals surface area contributed by atoms with Crippen molar-refractivity contribution in [3.63, 3.8) is 0 Å². The van der Waals surface area contributed by atoms with Gasteiger partial charge >= 0.3 is 132 Å². The van der Waals surface area contributed by atoms with Crippen LogP contribution in [0.2, 0.25) is 10.6 Å². The predicted molar refractivity (Wildman–Crippen MR) is 78.4 cm³/mol. The van der Waals surface area contributed by atoms with Crippen LogP contribution in [0, 0.1) is 0 Å². The fraction of sp³-hybridized carbons (Fsp3) is 0.750. The molecule has 2 atom stereocenters. The second-order valence-corrected chi connectivity index (χ2v) is 12.5. The van der Waals surface area contributed by atoms with Crippen LogP contribution < -0.4 is 0 Å². The van der Waals surface area contributed by atoms with E-state index in [1.54, 1.807) is 0 Å². The molecule has 1 heterocycles. The van der Waals surface area contributed by atoms with Gasteiger partial charge in [-0.05, 0) is 0 Å². The summed E-state index contributed by atoms with van der Waals surface area (Å²) in [6, 6.07) is 0. The molecule has 1 saturated heterocycles. The van der Waals surface area contributed by atoms with Gasteiger partial charge in [0, 0.05) is 0 Å². The van der Waals surface area contributed by atoms with Crippen molar-refractivity contribution in [1.29, 1.82) is 0 Å². The molecular weight excluding hydrogens is 457 g/mol. The van der Waals surface area contributed by atoms with E-state index in [1.165, 1.54) is 22.8 Å². The summed E-state index contributed by atoms with van der Waals surface area (Å²) in [6.07, 6.45) is 2.79. The number of rotatable bonds is 4. The van der Waals surface area contributed by atoms with Gasteiger partial charge in [-0.15, -0.1) is 0 Å². The van der Waals surface area contributed by atoms with Crippen molar-refractivity contribution < 1.29 is 9.59 Å². The van der Waals surface area contributed by atoms with Crippen LogP contribution >= 0.6 is 25.3 Å². The number of nitrogens with zero attached hydrogens (tertiary/aromatic N) is 2. The van der Waals surface area contributed by atoms with Gasteiger partial charge in [0.15, 0.2) is 0 Å². The van der Waals surface area contributed by atoms with Crippen molar-refractivity contribution in [2.75, 3.05) is 10.9 Å². The molecule has 0 saturated carbocycles. The maximum atomic E-state index is 9.45. The van der Waals surface area contributed by atoms with Gasteiger partial charge in [-0.2, -0.15) is 0 Å². The molecule has 0 aromatic carbocycles. The molecule has 0 spiro atoms. The van der Waals surface area contributed by atoms with Gasteiger partial charge < -0.3 is 0 Å². The third-order valence-corrected chi connectivity index (χ3v) is 11.9. The molecule has 0 N–H and O–H groups in total. The summed E-state index contributed by atoms with van der Waals surface area (Å²) >= 11 is 10.5. The number of hydrogen-bond acceptors (Lipinski definition) is 6. The van der Waals surface area contributed by atoms with Crippen LogP contribution in [0.15, 0.2) is 9.98 Å². The van der Waals surface area contributed by atoms with Gasteiger partial charge in [-0.3, -0.25) is 0 Å². The Hall–Kier alpha value is 1.02. The van der Waals surface area contributed by atoms with Gasteiger partial charge in [0.2, 0.25) is 0 Å². The van der Waals surface area contributed by atoms with Gasteiger partial charge in [0.1, 0.15) is 0 Å². The number of thiol groups is 2. The van der Waals surface area contributed by atoms with E-state index in [4.69, 9.17) is 0 Å². The van der Waals surface area contributed by atoms with Gasteiger partial charge in [-0.25, -0.2) is 0 Å². The molecule has 1 rings (SSSR count). The summed E-state index contributed by atoms with van der Waals surface area (Å²) in [5, 5.41) is 2.76. The van der Waals surface area contributed by atoms with Crippen LogP contribution in [0.4, 0.5) is 0 Å². The average Bonchev–Trinajstić information content (AvgIpc) is 2.29. The number of carbonyl (C=O) groups excluding carboxylic acids is 2. The monoisotopic (exact) mass is 472 g/mol. The zero-order valence-electron chi connectivity index (χ0n) is 8.81. The van der Waals surface area contributed by atoms with Crippen molar-refractivity contribution in [1.82, 2.24) is 0 Å². The van der Waals surface area contributed by atoms with E-state index >= 15 is 0 Å². The fourth-order valence-electron chi connectivity index (χ4n) is 0.714. The summed E-state index contributed by atoms with van der Waals surface area (Å²) in [5.41, 5.74) is 0.892. The van der Waals surface area contributed by atoms with Crippen molar-refractivity contribution in [2.24, 2.45) is 9.98 Å². The predicted octanol–water partition coefficient (Wildman–Crippen LogP) is 0.0340. The van der Waals surface area contributed by atoms with E-state index in [1.807, 2.05) is 0 Å². The first-order chi connectivity index (χ1) is 8.20. The summed E-state index contributed by atoms with van der Waals surface area (Å²) < 4.78 is 1.44. The molecule has 1 aliphatic rings. The molecule has 4 nitrogen and oxygen atoms in total. The molecule has 0 aromatic rings. The zero-order chi connectivity index (χ0) is 12.9. The van der Waals surface area contributed by atoms with Crippen LogP contribution in [-0.2, 0) is 9.59 Å². The Balaban J connectivity index is 0.000000302. The fourth-order valence-corrected chi connectivity index (χ4v) is 10.6. The summed E-state index contributed by atoms with van der Waals surface area (Å²) in [6.45, 7) is 0. The molecule has 17 heavy (non-hydrogen) atoms. The molecule has 0 radical (unpaired) electrons. The summed E-state index contributed by atoms with van der Waals surface area (Å²) in [4.78, 5) is 25.4. The number of aliphatic imine (C=N–C) groups is 2. The Bertz CT molecular complexity index is 270. The molecule has 0 aliphatic carbocycles. The SMILES string of the molecule is O=C=NC[Se]CN=C=O.SC1C[Se]CC(S)[Se]1. The first-order valence-electron chi connectivity index (χ1n) is 4.45. The molecule has 0 amide bonds. The maximum absolute atomic E-state index is 9.45. The third-order valence-electron chi connectivity index (χ3n) is 1.28. The first-order valence-corrected chi connectivity index (χ1v) is 12.3. The zero-order valence-corrected chi connectivity index (χ0v) is 15.7. The number of isocyanates is 2. The molecule has 96 valence electrons. The normalized spacial score (nSPS) is 22.5. The van der Waals surface area contributed by atoms with Crippen molar-refractivity contribution in [3.05, 3.63) is 0 Å². The Labute approximate surface area is 131 Å². The average molecular weight is 469 g/mol. The minimum absolute atomic E-state index is 0.120. The Morgan fingerprint density at radius 3 is 1.88 bits per heavy atom. The Morgan fingerprint density at radius 1 is 1.12 bits per heavy atom. The molecule has 1 fully saturated rings. The molecule has 0 bridgehead atoms. The summed E-state index contributed by atoms with van der Waals surface area (Å²) in [5.74, 6) is 0. The molecular formula is C8H12N2O2S2Se3. The van der Waals surface area contributed by atoms with E-state index < -0.39 is 0 Å². The minimum atomic E-state index is 0.120. The van der Waals surface area contributed by atoms with E-state index in [2.05, 4.69) is 35.2 Å². The second-order valence-electron chi connectivity index (χ2n) is 2.54. The van der Waals surface area contributed by atoms with Gasteiger partial charge in [0.25, 0.3) is 0 Å². The van der Waals surface area contributed by atoms with Crippen molar-refractivity contribution in [2.45, 2.75) is 18.9 Å². The number of hydrogen-bond donors (Lipinski definition) is 2. The molecule has 1 aliphatic heterocycles. The molecule has 2 unspecified atom stereocenters. The topological polar surface area (TPSA) is 58.9 Å². The standard InChI is InChI=1S/C4H4N2O2Se.C4H8S2Se2/c7-1-5-3-9-4-6-2-8;5-3-1-7-2-4(6)8-3/h3-4H2;3-6H,1-2H2. The van der Waals surface area contributed by atoms with Crippen LogP contribution in [0.5, 0.6) is 0 Å². The quantitative estimate of drug-likeness (QED) is 0.201. The Kier molecular flexibility index (Phi) is 14.3.